The molecule has 7 heteroatoms. The lowest BCUT2D eigenvalue weighted by molar-refractivity contribution is -0.137. The van der Waals surface area contributed by atoms with Crippen LogP contribution >= 0.6 is 0 Å². The van der Waals surface area contributed by atoms with Gasteiger partial charge in [-0.25, -0.2) is 0 Å². The molecule has 0 bridgehead atoms. The van der Waals surface area contributed by atoms with Crippen molar-refractivity contribution in [2.24, 2.45) is 5.92 Å². The maximum Gasteiger partial charge on any atom is 0.251 e. The number of benzene rings is 3. The number of fused-ring (bicyclic) bond motifs is 7. The molecule has 7 nitrogen and oxygen atoms in total. The zero-order valence-corrected chi connectivity index (χ0v) is 22.3. The predicted octanol–water partition coefficient (Wildman–Crippen LogP) is 4.72. The average molecular weight is 522 g/mol. The van der Waals surface area contributed by atoms with Crippen LogP contribution in [0.15, 0.2) is 60.7 Å². The summed E-state index contributed by atoms with van der Waals surface area (Å²) >= 11 is 0. The summed E-state index contributed by atoms with van der Waals surface area (Å²) in [6, 6.07) is 18.5. The molecule has 4 heterocycles. The molecule has 2 amide bonds. The summed E-state index contributed by atoms with van der Waals surface area (Å²) in [5.74, 6) is -0.988. The third-order valence-corrected chi connectivity index (χ3v) is 9.54. The number of nitrogens with one attached hydrogen (secondary N) is 2. The minimum absolute atomic E-state index is 0.162. The second-order valence-corrected chi connectivity index (χ2v) is 11.1. The molecular weight excluding hydrogens is 490 g/mol. The minimum Gasteiger partial charge on any atom is -0.493 e. The number of nitrogens with zero attached hydrogens (tertiary/aromatic N) is 1. The van der Waals surface area contributed by atoms with Crippen LogP contribution in [-0.2, 0) is 20.5 Å². The molecule has 2 spiro atoms. The highest BCUT2D eigenvalue weighted by Crippen LogP contribution is 2.68. The van der Waals surface area contributed by atoms with E-state index in [4.69, 9.17) is 4.74 Å². The van der Waals surface area contributed by atoms with Gasteiger partial charge >= 0.3 is 0 Å². The Morgan fingerprint density at radius 1 is 0.974 bits per heavy atom. The van der Waals surface area contributed by atoms with Crippen LogP contribution < -0.4 is 15.4 Å². The lowest BCUT2D eigenvalue weighted by Gasteiger charge is -2.43. The first-order valence-electron chi connectivity index (χ1n) is 13.7. The van der Waals surface area contributed by atoms with Gasteiger partial charge in [-0.2, -0.15) is 0 Å². The molecule has 2 N–H and O–H groups in total. The Labute approximate surface area is 227 Å². The number of carbonyl (C=O) groups is 3. The Morgan fingerprint density at radius 3 is 2.56 bits per heavy atom. The standard InChI is InChI=1S/C32H31N3O4/c1-4-39-25-14-8-5-10-20(25)28(36)26-24-13-9-17-35(24)32(22-16-15-18(2)19(3)27(22)34-30(32)38)31(26)21-11-6-7-12-23(21)33-29(31)37/h5-8,10-12,14-16,24,26H,4,9,13,17H2,1-3H3,(H,33,37)(H,34,38)/t24-,26+,31+,32+/m1/s1. The van der Waals surface area contributed by atoms with E-state index >= 15 is 0 Å². The number of ether oxygens (including phenoxy) is 1. The molecule has 2 saturated heterocycles. The molecule has 4 aliphatic heterocycles. The van der Waals surface area contributed by atoms with Gasteiger partial charge in [0.2, 0.25) is 5.91 Å². The Hall–Kier alpha value is -3.97. The second kappa shape index (κ2) is 8.26. The highest BCUT2D eigenvalue weighted by atomic mass is 16.5. The number of aryl methyl sites for hydroxylation is 1. The predicted molar refractivity (Wildman–Crippen MR) is 148 cm³/mol. The van der Waals surface area contributed by atoms with Crippen molar-refractivity contribution in [1.82, 2.24) is 4.90 Å². The normalized spacial score (nSPS) is 28.4. The Bertz CT molecular complexity index is 1580. The number of carbonyl (C=O) groups excluding carboxylic acids is 3. The van der Waals surface area contributed by atoms with Crippen LogP contribution in [0.3, 0.4) is 0 Å². The molecule has 3 aromatic carbocycles. The number of amides is 2. The molecule has 39 heavy (non-hydrogen) atoms. The van der Waals surface area contributed by atoms with Crippen molar-refractivity contribution in [3.8, 4) is 5.75 Å². The van der Waals surface area contributed by atoms with E-state index < -0.39 is 16.9 Å². The Balaban J connectivity index is 1.58. The van der Waals surface area contributed by atoms with E-state index in [0.717, 1.165) is 35.2 Å². The lowest BCUT2D eigenvalue weighted by atomic mass is 9.57. The molecule has 0 saturated carbocycles. The Kier molecular flexibility index (Phi) is 5.11. The lowest BCUT2D eigenvalue weighted by Crippen LogP contribution is -2.62. The number of hydrogen-bond acceptors (Lipinski definition) is 5. The zero-order valence-electron chi connectivity index (χ0n) is 22.3. The monoisotopic (exact) mass is 521 g/mol. The van der Waals surface area contributed by atoms with E-state index in [1.165, 1.54) is 0 Å². The zero-order chi connectivity index (χ0) is 27.1. The summed E-state index contributed by atoms with van der Waals surface area (Å²) in [5, 5.41) is 6.28. The van der Waals surface area contributed by atoms with Gasteiger partial charge in [-0.3, -0.25) is 19.3 Å². The van der Waals surface area contributed by atoms with E-state index in [9.17, 15) is 14.4 Å². The van der Waals surface area contributed by atoms with Gasteiger partial charge < -0.3 is 15.4 Å². The first-order valence-corrected chi connectivity index (χ1v) is 13.7. The molecule has 0 aromatic heterocycles. The molecule has 0 aliphatic carbocycles. The van der Waals surface area contributed by atoms with Crippen molar-refractivity contribution in [2.45, 2.75) is 50.6 Å². The fourth-order valence-corrected chi connectivity index (χ4v) is 8.01. The number of rotatable bonds is 4. The first-order chi connectivity index (χ1) is 18.9. The highest BCUT2D eigenvalue weighted by Gasteiger charge is 2.81. The average Bonchev–Trinajstić information content (AvgIpc) is 3.65. The van der Waals surface area contributed by atoms with Crippen LogP contribution in [0.4, 0.5) is 11.4 Å². The van der Waals surface area contributed by atoms with Gasteiger partial charge in [-0.1, -0.05) is 42.5 Å². The van der Waals surface area contributed by atoms with Gasteiger partial charge in [0.05, 0.1) is 18.1 Å². The third kappa shape index (κ3) is 2.73. The van der Waals surface area contributed by atoms with Crippen molar-refractivity contribution < 1.29 is 19.1 Å². The molecule has 4 aliphatic rings. The SMILES string of the molecule is CCOc1ccccc1C(=O)[C@@H]1[C@H]2CCCN2[C@@]2(C(=O)Nc3c2ccc(C)c3C)[C@]12C(=O)Nc1ccccc12. The Morgan fingerprint density at radius 2 is 1.74 bits per heavy atom. The summed E-state index contributed by atoms with van der Waals surface area (Å²) < 4.78 is 5.89. The minimum atomic E-state index is -1.46. The third-order valence-electron chi connectivity index (χ3n) is 9.54. The molecular formula is C32H31N3O4. The van der Waals surface area contributed by atoms with Crippen LogP contribution in [0.5, 0.6) is 5.75 Å². The molecule has 0 radical (unpaired) electrons. The van der Waals surface area contributed by atoms with Crippen LogP contribution in [-0.4, -0.2) is 41.7 Å². The van der Waals surface area contributed by atoms with Crippen molar-refractivity contribution in [3.63, 3.8) is 0 Å². The molecule has 2 fully saturated rings. The van der Waals surface area contributed by atoms with Gasteiger partial charge in [0.1, 0.15) is 16.7 Å². The molecule has 3 aromatic rings. The number of Topliss-reactive ketones (excluding diaryl/α,β-unsaturated/α-hetero) is 1. The summed E-state index contributed by atoms with van der Waals surface area (Å²) in [7, 11) is 0. The number of anilines is 2. The van der Waals surface area contributed by atoms with E-state index in [2.05, 4.69) is 15.5 Å². The molecule has 0 unspecified atom stereocenters. The summed E-state index contributed by atoms with van der Waals surface area (Å²) in [6.07, 6.45) is 1.57. The largest absolute Gasteiger partial charge is 0.493 e. The van der Waals surface area contributed by atoms with Crippen LogP contribution in [0, 0.1) is 19.8 Å². The fraction of sp³-hybridized carbons (Fsp3) is 0.344. The van der Waals surface area contributed by atoms with Crippen LogP contribution in [0.2, 0.25) is 0 Å². The van der Waals surface area contributed by atoms with Crippen molar-refractivity contribution >= 4 is 29.0 Å². The summed E-state index contributed by atoms with van der Waals surface area (Å²) in [5.41, 5.74) is 2.57. The van der Waals surface area contributed by atoms with Crippen molar-refractivity contribution in [3.05, 3.63) is 88.5 Å². The van der Waals surface area contributed by atoms with E-state index in [1.807, 2.05) is 69.3 Å². The van der Waals surface area contributed by atoms with Crippen LogP contribution in [0.1, 0.15) is 52.4 Å². The summed E-state index contributed by atoms with van der Waals surface area (Å²) in [6.45, 7) is 6.94. The smallest absolute Gasteiger partial charge is 0.251 e. The molecule has 7 rings (SSSR count). The van der Waals surface area contributed by atoms with Gasteiger partial charge in [0.15, 0.2) is 5.78 Å². The van der Waals surface area contributed by atoms with Crippen molar-refractivity contribution in [1.29, 1.82) is 0 Å². The van der Waals surface area contributed by atoms with Gasteiger partial charge in [0.25, 0.3) is 5.91 Å². The first kappa shape index (κ1) is 24.1. The fourth-order valence-electron chi connectivity index (χ4n) is 8.01. The quantitative estimate of drug-likeness (QED) is 0.486. The summed E-state index contributed by atoms with van der Waals surface area (Å²) in [4.78, 5) is 46.2. The molecule has 198 valence electrons. The van der Waals surface area contributed by atoms with Crippen LogP contribution in [0.25, 0.3) is 0 Å². The number of hydrogen-bond donors (Lipinski definition) is 2. The molecule has 4 atom stereocenters. The maximum atomic E-state index is 14.9. The van der Waals surface area contributed by atoms with Gasteiger partial charge in [0, 0.05) is 23.0 Å². The highest BCUT2D eigenvalue weighted by molar-refractivity contribution is 6.21. The topological polar surface area (TPSA) is 87.7 Å². The van der Waals surface area contributed by atoms with E-state index in [0.29, 0.717) is 35.7 Å². The number of para-hydroxylation sites is 2. The van der Waals surface area contributed by atoms with Gasteiger partial charge in [-0.05, 0) is 75.0 Å². The van der Waals surface area contributed by atoms with Gasteiger partial charge in [-0.15, -0.1) is 0 Å². The van der Waals surface area contributed by atoms with Crippen molar-refractivity contribution in [2.75, 3.05) is 23.8 Å². The van der Waals surface area contributed by atoms with E-state index in [1.54, 1.807) is 12.1 Å². The second-order valence-electron chi connectivity index (χ2n) is 11.1. The number of ketones is 1. The maximum absolute atomic E-state index is 14.9. The van der Waals surface area contributed by atoms with E-state index in [-0.39, 0.29) is 23.6 Å².